The van der Waals surface area contributed by atoms with Gasteiger partial charge in [-0.3, -0.25) is 0 Å². The summed E-state index contributed by atoms with van der Waals surface area (Å²) in [5, 5.41) is 3.39. The molecule has 1 aliphatic rings. The third kappa shape index (κ3) is 2.13. The molecule has 1 fully saturated rings. The fourth-order valence-electron chi connectivity index (χ4n) is 2.74. The molecule has 1 aromatic heterocycles. The molecule has 1 aliphatic carbocycles. The van der Waals surface area contributed by atoms with E-state index in [4.69, 9.17) is 4.42 Å². The predicted molar refractivity (Wildman–Crippen MR) is 64.7 cm³/mol. The summed E-state index contributed by atoms with van der Waals surface area (Å²) < 4.78 is 6.65. The van der Waals surface area contributed by atoms with E-state index in [0.29, 0.717) is 12.0 Å². The Morgan fingerprint density at radius 1 is 1.53 bits per heavy atom. The molecule has 0 aliphatic heterocycles. The molecule has 0 bridgehead atoms. The van der Waals surface area contributed by atoms with Crippen molar-refractivity contribution < 1.29 is 4.42 Å². The van der Waals surface area contributed by atoms with Crippen LogP contribution in [0.1, 0.15) is 38.0 Å². The molecular weight excluding hydrogens is 254 g/mol. The minimum absolute atomic E-state index is 0.354. The summed E-state index contributed by atoms with van der Waals surface area (Å²) in [6, 6.07) is 2.33. The van der Waals surface area contributed by atoms with Crippen molar-refractivity contribution in [3.63, 3.8) is 0 Å². The second kappa shape index (κ2) is 4.71. The zero-order valence-corrected chi connectivity index (χ0v) is 10.9. The van der Waals surface area contributed by atoms with E-state index in [2.05, 4.69) is 28.2 Å². The van der Waals surface area contributed by atoms with Crippen LogP contribution in [0.3, 0.4) is 0 Å². The van der Waals surface area contributed by atoms with Crippen molar-refractivity contribution in [1.29, 1.82) is 0 Å². The smallest absolute Gasteiger partial charge is 0.135 e. The first-order chi connectivity index (χ1) is 7.24. The van der Waals surface area contributed by atoms with Gasteiger partial charge in [0, 0.05) is 0 Å². The molecule has 1 N–H and O–H groups in total. The zero-order valence-electron chi connectivity index (χ0n) is 9.29. The lowest BCUT2D eigenvalue weighted by Gasteiger charge is -2.25. The highest BCUT2D eigenvalue weighted by atomic mass is 79.9. The van der Waals surface area contributed by atoms with Gasteiger partial charge in [0.2, 0.25) is 0 Å². The molecule has 2 rings (SSSR count). The van der Waals surface area contributed by atoms with Gasteiger partial charge in [0.25, 0.3) is 0 Å². The topological polar surface area (TPSA) is 25.2 Å². The van der Waals surface area contributed by atoms with Crippen LogP contribution >= 0.6 is 15.9 Å². The van der Waals surface area contributed by atoms with E-state index in [9.17, 15) is 0 Å². The molecule has 0 saturated heterocycles. The van der Waals surface area contributed by atoms with E-state index in [0.717, 1.165) is 16.2 Å². The number of rotatable bonds is 3. The van der Waals surface area contributed by atoms with Crippen LogP contribution in [0.25, 0.3) is 0 Å². The van der Waals surface area contributed by atoms with E-state index in [1.165, 1.54) is 19.3 Å². The molecule has 84 valence electrons. The van der Waals surface area contributed by atoms with Gasteiger partial charge in [-0.05, 0) is 47.3 Å². The maximum absolute atomic E-state index is 5.57. The fourth-order valence-corrected chi connectivity index (χ4v) is 3.18. The lowest BCUT2D eigenvalue weighted by molar-refractivity contribution is 0.276. The number of furan rings is 1. The van der Waals surface area contributed by atoms with Gasteiger partial charge in [-0.25, -0.2) is 0 Å². The van der Waals surface area contributed by atoms with Crippen molar-refractivity contribution in [3.05, 3.63) is 22.6 Å². The van der Waals surface area contributed by atoms with Crippen LogP contribution < -0.4 is 5.32 Å². The number of hydrogen-bond acceptors (Lipinski definition) is 2. The Labute approximate surface area is 99.6 Å². The van der Waals surface area contributed by atoms with Gasteiger partial charge >= 0.3 is 0 Å². The van der Waals surface area contributed by atoms with Crippen molar-refractivity contribution in [1.82, 2.24) is 5.32 Å². The number of halogens is 1. The summed E-state index contributed by atoms with van der Waals surface area (Å²) in [5.41, 5.74) is 0. The fraction of sp³-hybridized carbons (Fsp3) is 0.667. The van der Waals surface area contributed by atoms with Crippen molar-refractivity contribution in [2.24, 2.45) is 11.8 Å². The Morgan fingerprint density at radius 2 is 2.33 bits per heavy atom. The molecule has 3 atom stereocenters. The summed E-state index contributed by atoms with van der Waals surface area (Å²) in [4.78, 5) is 0. The Kier molecular flexibility index (Phi) is 3.52. The summed E-state index contributed by atoms with van der Waals surface area (Å²) in [5.74, 6) is 2.55. The Balaban J connectivity index is 2.20. The van der Waals surface area contributed by atoms with Crippen molar-refractivity contribution >= 4 is 15.9 Å². The third-order valence-electron chi connectivity index (χ3n) is 3.59. The number of hydrogen-bond donors (Lipinski definition) is 1. The Bertz CT molecular complexity index is 323. The van der Waals surface area contributed by atoms with Crippen LogP contribution in [0, 0.1) is 11.8 Å². The highest BCUT2D eigenvalue weighted by molar-refractivity contribution is 9.10. The first kappa shape index (κ1) is 11.2. The highest BCUT2D eigenvalue weighted by Gasteiger charge is 2.33. The van der Waals surface area contributed by atoms with Crippen molar-refractivity contribution in [3.8, 4) is 0 Å². The molecule has 2 nitrogen and oxygen atoms in total. The lowest BCUT2D eigenvalue weighted by atomic mass is 9.89. The Morgan fingerprint density at radius 3 is 2.80 bits per heavy atom. The molecule has 0 aromatic carbocycles. The minimum Gasteiger partial charge on any atom is -0.466 e. The van der Waals surface area contributed by atoms with E-state index in [1.807, 2.05) is 13.1 Å². The normalized spacial score (nSPS) is 28.2. The molecule has 15 heavy (non-hydrogen) atoms. The largest absolute Gasteiger partial charge is 0.466 e. The van der Waals surface area contributed by atoms with Crippen LogP contribution in [0.5, 0.6) is 0 Å². The molecule has 1 aromatic rings. The Hall–Kier alpha value is -0.280. The zero-order chi connectivity index (χ0) is 10.8. The summed E-state index contributed by atoms with van der Waals surface area (Å²) in [6.45, 7) is 2.35. The molecule has 1 heterocycles. The minimum atomic E-state index is 0.354. The highest BCUT2D eigenvalue weighted by Crippen LogP contribution is 2.41. The molecular formula is C12H18BrNO. The van der Waals surface area contributed by atoms with Gasteiger partial charge in [-0.2, -0.15) is 0 Å². The molecule has 0 amide bonds. The van der Waals surface area contributed by atoms with Crippen LogP contribution in [0.15, 0.2) is 21.2 Å². The number of nitrogens with one attached hydrogen (secondary N) is 1. The second-order valence-corrected chi connectivity index (χ2v) is 5.33. The average Bonchev–Trinajstić information content (AvgIpc) is 2.80. The summed E-state index contributed by atoms with van der Waals surface area (Å²) in [7, 11) is 2.02. The van der Waals surface area contributed by atoms with Gasteiger partial charge < -0.3 is 9.73 Å². The molecule has 3 unspecified atom stereocenters. The summed E-state index contributed by atoms with van der Waals surface area (Å²) >= 11 is 3.54. The molecule has 0 radical (unpaired) electrons. The van der Waals surface area contributed by atoms with Gasteiger partial charge in [0.1, 0.15) is 5.76 Å². The van der Waals surface area contributed by atoms with Gasteiger partial charge in [0.05, 0.1) is 16.8 Å². The average molecular weight is 272 g/mol. The first-order valence-corrected chi connectivity index (χ1v) is 6.43. The third-order valence-corrected chi connectivity index (χ3v) is 4.25. The van der Waals surface area contributed by atoms with Gasteiger partial charge in [-0.15, -0.1) is 0 Å². The monoisotopic (exact) mass is 271 g/mol. The maximum Gasteiger partial charge on any atom is 0.135 e. The van der Waals surface area contributed by atoms with Crippen LogP contribution in [-0.2, 0) is 0 Å². The predicted octanol–water partition coefficient (Wildman–Crippen LogP) is 3.74. The van der Waals surface area contributed by atoms with E-state index >= 15 is 0 Å². The van der Waals surface area contributed by atoms with Gasteiger partial charge in [-0.1, -0.05) is 19.8 Å². The first-order valence-electron chi connectivity index (χ1n) is 5.64. The van der Waals surface area contributed by atoms with E-state index in [-0.39, 0.29) is 0 Å². The SMILES string of the molecule is CNC(c1occc1Br)C1CCCC1C. The molecule has 0 spiro atoms. The molecule has 3 heteroatoms. The van der Waals surface area contributed by atoms with Crippen LogP contribution in [0.2, 0.25) is 0 Å². The lowest BCUT2D eigenvalue weighted by Crippen LogP contribution is -2.26. The quantitative estimate of drug-likeness (QED) is 0.906. The van der Waals surface area contributed by atoms with E-state index < -0.39 is 0 Å². The van der Waals surface area contributed by atoms with Crippen molar-refractivity contribution in [2.45, 2.75) is 32.2 Å². The van der Waals surface area contributed by atoms with Gasteiger partial charge in [0.15, 0.2) is 0 Å². The van der Waals surface area contributed by atoms with E-state index in [1.54, 1.807) is 6.26 Å². The van der Waals surface area contributed by atoms with Crippen LogP contribution in [0.4, 0.5) is 0 Å². The van der Waals surface area contributed by atoms with Crippen LogP contribution in [-0.4, -0.2) is 7.05 Å². The molecule has 1 saturated carbocycles. The van der Waals surface area contributed by atoms with Crippen molar-refractivity contribution in [2.75, 3.05) is 7.05 Å². The maximum atomic E-state index is 5.57. The second-order valence-electron chi connectivity index (χ2n) is 4.47. The summed E-state index contributed by atoms with van der Waals surface area (Å²) in [6.07, 6.45) is 5.76. The standard InChI is InChI=1S/C12H18BrNO/c1-8-4-3-5-9(8)11(14-2)12-10(13)6-7-15-12/h6-9,11,14H,3-5H2,1-2H3.